The number of alkyl halides is 4. The molecule has 2 rings (SSSR count). The first-order valence-corrected chi connectivity index (χ1v) is 8.58. The van der Waals surface area contributed by atoms with Crippen LogP contribution in [0.1, 0.15) is 24.8 Å². The molecule has 0 saturated carbocycles. The van der Waals surface area contributed by atoms with Gasteiger partial charge in [0.25, 0.3) is 0 Å². The molecule has 12 heteroatoms. The van der Waals surface area contributed by atoms with Gasteiger partial charge in [-0.25, -0.2) is 4.39 Å². The van der Waals surface area contributed by atoms with Gasteiger partial charge in [-0.1, -0.05) is 24.3 Å². The molecule has 1 aromatic rings. The Morgan fingerprint density at radius 2 is 2.15 bits per heavy atom. The lowest BCUT2D eigenvalue weighted by atomic mass is 10.1. The highest BCUT2D eigenvalue weighted by molar-refractivity contribution is 7.15. The summed E-state index contributed by atoms with van der Waals surface area (Å²) in [7, 11) is 0. The van der Waals surface area contributed by atoms with Crippen molar-refractivity contribution < 1.29 is 27.2 Å². The third-order valence-electron chi connectivity index (χ3n) is 3.54. The van der Waals surface area contributed by atoms with Crippen molar-refractivity contribution in [1.82, 2.24) is 20.8 Å². The molecule has 3 atom stereocenters. The Morgan fingerprint density at radius 1 is 1.42 bits per heavy atom. The van der Waals surface area contributed by atoms with E-state index in [4.69, 9.17) is 0 Å². The normalized spacial score (nSPS) is 21.7. The maximum absolute atomic E-state index is 13.1. The fourth-order valence-corrected chi connectivity index (χ4v) is 2.81. The van der Waals surface area contributed by atoms with Crippen LogP contribution in [-0.2, 0) is 15.8 Å². The van der Waals surface area contributed by atoms with E-state index in [1.165, 1.54) is 6.08 Å². The van der Waals surface area contributed by atoms with Gasteiger partial charge in [0.2, 0.25) is 22.0 Å². The molecule has 0 radical (unpaired) electrons. The molecule has 2 heterocycles. The first kappa shape index (κ1) is 20.2. The van der Waals surface area contributed by atoms with Crippen molar-refractivity contribution >= 4 is 28.3 Å². The van der Waals surface area contributed by atoms with E-state index in [-0.39, 0.29) is 35.3 Å². The SMILES string of the molecule is CC[C@@H](C=CC(=O)Nc1nnc(C(F)(F)F)s1)NC(=O)[C@@H]1C[C@H](F)CN1. The van der Waals surface area contributed by atoms with Crippen LogP contribution in [0.25, 0.3) is 0 Å². The number of halogens is 4. The van der Waals surface area contributed by atoms with Gasteiger partial charge in [0.15, 0.2) is 0 Å². The minimum absolute atomic E-state index is 0.0883. The van der Waals surface area contributed by atoms with Crippen LogP contribution >= 0.6 is 11.3 Å². The van der Waals surface area contributed by atoms with Crippen LogP contribution in [0, 0.1) is 0 Å². The van der Waals surface area contributed by atoms with E-state index in [1.807, 2.05) is 0 Å². The molecule has 26 heavy (non-hydrogen) atoms. The van der Waals surface area contributed by atoms with E-state index in [9.17, 15) is 27.2 Å². The third-order valence-corrected chi connectivity index (χ3v) is 4.42. The Morgan fingerprint density at radius 3 is 2.69 bits per heavy atom. The van der Waals surface area contributed by atoms with Crippen molar-refractivity contribution in [3.8, 4) is 0 Å². The van der Waals surface area contributed by atoms with Crippen molar-refractivity contribution in [1.29, 1.82) is 0 Å². The van der Waals surface area contributed by atoms with E-state index >= 15 is 0 Å². The molecule has 1 aromatic heterocycles. The minimum atomic E-state index is -4.62. The number of carbonyl (C=O) groups excluding carboxylic acids is 2. The number of amides is 2. The molecule has 0 unspecified atom stereocenters. The molecule has 2 amide bonds. The Balaban J connectivity index is 1.86. The first-order valence-electron chi connectivity index (χ1n) is 7.76. The van der Waals surface area contributed by atoms with Gasteiger partial charge in [-0.15, -0.1) is 10.2 Å². The summed E-state index contributed by atoms with van der Waals surface area (Å²) in [6, 6.07) is -1.10. The largest absolute Gasteiger partial charge is 0.445 e. The molecular weight excluding hydrogens is 378 g/mol. The highest BCUT2D eigenvalue weighted by atomic mass is 32.1. The topological polar surface area (TPSA) is 96.0 Å². The van der Waals surface area contributed by atoms with E-state index in [2.05, 4.69) is 26.1 Å². The standard InChI is InChI=1S/C14H17F4N5O2S/c1-2-8(20-11(25)9-5-7(15)6-19-9)3-4-10(24)21-13-23-22-12(26-13)14(16,17)18/h3-4,7-9,19H,2,5-6H2,1H3,(H,20,25)(H,21,23,24)/t7-,8-,9-/m0/s1. The van der Waals surface area contributed by atoms with Gasteiger partial charge in [-0.3, -0.25) is 14.9 Å². The van der Waals surface area contributed by atoms with Gasteiger partial charge in [-0.05, 0) is 6.42 Å². The zero-order chi connectivity index (χ0) is 19.3. The molecular formula is C14H17F4N5O2S. The van der Waals surface area contributed by atoms with Crippen LogP contribution < -0.4 is 16.0 Å². The molecule has 1 saturated heterocycles. The van der Waals surface area contributed by atoms with Crippen LogP contribution in [-0.4, -0.2) is 46.8 Å². The van der Waals surface area contributed by atoms with Gasteiger partial charge in [0.1, 0.15) is 6.17 Å². The molecule has 3 N–H and O–H groups in total. The monoisotopic (exact) mass is 395 g/mol. The zero-order valence-corrected chi connectivity index (χ0v) is 14.5. The van der Waals surface area contributed by atoms with Crippen LogP contribution in [0.4, 0.5) is 22.7 Å². The lowest BCUT2D eigenvalue weighted by Gasteiger charge is -2.16. The van der Waals surface area contributed by atoms with E-state index in [0.717, 1.165) is 6.08 Å². The highest BCUT2D eigenvalue weighted by Gasteiger charge is 2.35. The Bertz CT molecular complexity index is 679. The lowest BCUT2D eigenvalue weighted by Crippen LogP contribution is -2.44. The van der Waals surface area contributed by atoms with Crippen LogP contribution in [0.3, 0.4) is 0 Å². The number of hydrogen-bond acceptors (Lipinski definition) is 6. The second-order valence-corrected chi connectivity index (χ2v) is 6.55. The minimum Gasteiger partial charge on any atom is -0.349 e. The fourth-order valence-electron chi connectivity index (χ4n) is 2.20. The Hall–Kier alpha value is -2.08. The average molecular weight is 395 g/mol. The van der Waals surface area contributed by atoms with E-state index in [0.29, 0.717) is 6.42 Å². The zero-order valence-electron chi connectivity index (χ0n) is 13.6. The highest BCUT2D eigenvalue weighted by Crippen LogP contribution is 2.32. The second-order valence-electron chi connectivity index (χ2n) is 5.58. The number of anilines is 1. The number of carbonyl (C=O) groups is 2. The maximum atomic E-state index is 13.1. The van der Waals surface area contributed by atoms with Crippen LogP contribution in [0.5, 0.6) is 0 Å². The summed E-state index contributed by atoms with van der Waals surface area (Å²) in [5, 5.41) is 12.3. The smallest absolute Gasteiger partial charge is 0.349 e. The maximum Gasteiger partial charge on any atom is 0.445 e. The predicted molar refractivity (Wildman–Crippen MR) is 86.2 cm³/mol. The molecule has 0 aromatic carbocycles. The molecule has 0 aliphatic carbocycles. The number of nitrogens with zero attached hydrogens (tertiary/aromatic N) is 2. The van der Waals surface area contributed by atoms with Crippen LogP contribution in [0.15, 0.2) is 12.2 Å². The summed E-state index contributed by atoms with van der Waals surface area (Å²) in [6.45, 7) is 1.89. The summed E-state index contributed by atoms with van der Waals surface area (Å²) in [5.41, 5.74) is 0. The van der Waals surface area contributed by atoms with Crippen LogP contribution in [0.2, 0.25) is 0 Å². The van der Waals surface area contributed by atoms with E-state index < -0.39 is 35.3 Å². The van der Waals surface area contributed by atoms with Crippen molar-refractivity contribution in [3.05, 3.63) is 17.2 Å². The average Bonchev–Trinajstić information content (AvgIpc) is 3.20. The molecule has 0 spiro atoms. The van der Waals surface area contributed by atoms with Crippen molar-refractivity contribution in [2.75, 3.05) is 11.9 Å². The molecule has 1 fully saturated rings. The van der Waals surface area contributed by atoms with Gasteiger partial charge in [0.05, 0.1) is 6.04 Å². The summed E-state index contributed by atoms with van der Waals surface area (Å²) in [6.07, 6.45) is -2.64. The van der Waals surface area contributed by atoms with Gasteiger partial charge >= 0.3 is 6.18 Å². The number of aromatic nitrogens is 2. The Kier molecular flexibility index (Phi) is 6.64. The van der Waals surface area contributed by atoms with Crippen molar-refractivity contribution in [3.63, 3.8) is 0 Å². The van der Waals surface area contributed by atoms with E-state index in [1.54, 1.807) is 6.92 Å². The second kappa shape index (κ2) is 8.54. The molecule has 0 bridgehead atoms. The number of hydrogen-bond donors (Lipinski definition) is 3. The number of nitrogens with one attached hydrogen (secondary N) is 3. The summed E-state index contributed by atoms with van der Waals surface area (Å²) >= 11 is 0.209. The van der Waals surface area contributed by atoms with Gasteiger partial charge in [-0.2, -0.15) is 13.2 Å². The fraction of sp³-hybridized carbons (Fsp3) is 0.571. The molecule has 7 nitrogen and oxygen atoms in total. The molecule has 1 aliphatic heterocycles. The lowest BCUT2D eigenvalue weighted by molar-refractivity contribution is -0.138. The summed E-state index contributed by atoms with van der Waals surface area (Å²) in [4.78, 5) is 23.8. The first-order chi connectivity index (χ1) is 12.2. The number of rotatable bonds is 6. The van der Waals surface area contributed by atoms with Crippen molar-refractivity contribution in [2.24, 2.45) is 0 Å². The predicted octanol–water partition coefficient (Wildman–Crippen LogP) is 1.65. The molecule has 1 aliphatic rings. The third kappa shape index (κ3) is 5.73. The van der Waals surface area contributed by atoms with Gasteiger partial charge < -0.3 is 10.6 Å². The quantitative estimate of drug-likeness (QED) is 0.503. The van der Waals surface area contributed by atoms with Gasteiger partial charge in [0, 0.05) is 25.1 Å². The molecule has 144 valence electrons. The summed E-state index contributed by atoms with van der Waals surface area (Å²) < 4.78 is 50.4. The Labute approximate surface area is 150 Å². The summed E-state index contributed by atoms with van der Waals surface area (Å²) in [5.74, 6) is -1.08. The van der Waals surface area contributed by atoms with Crippen molar-refractivity contribution in [2.45, 2.75) is 44.2 Å².